The van der Waals surface area contributed by atoms with Crippen LogP contribution in [0, 0.1) is 11.7 Å². The van der Waals surface area contributed by atoms with Crippen LogP contribution in [0.5, 0.6) is 0 Å². The summed E-state index contributed by atoms with van der Waals surface area (Å²) in [4.78, 5) is 14.6. The smallest absolute Gasteiger partial charge is 0.232 e. The van der Waals surface area contributed by atoms with E-state index in [-0.39, 0.29) is 11.2 Å². The molecule has 1 saturated carbocycles. The van der Waals surface area contributed by atoms with Crippen molar-refractivity contribution in [3.05, 3.63) is 77.1 Å². The minimum absolute atomic E-state index is 0.0427. The molecule has 0 atom stereocenters. The Morgan fingerprint density at radius 3 is 2.35 bits per heavy atom. The predicted octanol–water partition coefficient (Wildman–Crippen LogP) is 6.21. The van der Waals surface area contributed by atoms with E-state index in [9.17, 15) is 4.39 Å². The van der Waals surface area contributed by atoms with E-state index in [1.54, 1.807) is 12.1 Å². The van der Waals surface area contributed by atoms with E-state index < -0.39 is 0 Å². The zero-order valence-corrected chi connectivity index (χ0v) is 24.2. The van der Waals surface area contributed by atoms with E-state index in [4.69, 9.17) is 22.2 Å². The maximum absolute atomic E-state index is 13.6. The summed E-state index contributed by atoms with van der Waals surface area (Å²) in [5.74, 6) is 2.97. The fourth-order valence-electron chi connectivity index (χ4n) is 6.55. The highest BCUT2D eigenvalue weighted by Gasteiger charge is 2.35. The lowest BCUT2D eigenvalue weighted by atomic mass is 9.79. The van der Waals surface area contributed by atoms with Crippen molar-refractivity contribution in [3.8, 4) is 0 Å². The summed E-state index contributed by atoms with van der Waals surface area (Å²) in [6.07, 6.45) is 7.81. The number of rotatable bonds is 6. The quantitative estimate of drug-likeness (QED) is 0.349. The molecular formula is C32H39FN6S. The van der Waals surface area contributed by atoms with Crippen LogP contribution in [0.15, 0.2) is 54.6 Å². The molecule has 1 aliphatic carbocycles. The van der Waals surface area contributed by atoms with Crippen molar-refractivity contribution in [3.63, 3.8) is 0 Å². The van der Waals surface area contributed by atoms with Crippen LogP contribution in [-0.4, -0.2) is 41.3 Å². The number of hydrogen-bond donors (Lipinski definition) is 2. The van der Waals surface area contributed by atoms with Crippen LogP contribution in [0.4, 0.5) is 22.0 Å². The molecule has 40 heavy (non-hydrogen) atoms. The van der Waals surface area contributed by atoms with Gasteiger partial charge in [0.25, 0.3) is 0 Å². The molecule has 0 unspecified atom stereocenters. The molecule has 0 spiro atoms. The Kier molecular flexibility index (Phi) is 7.87. The van der Waals surface area contributed by atoms with Gasteiger partial charge >= 0.3 is 0 Å². The van der Waals surface area contributed by atoms with Crippen LogP contribution in [0.3, 0.4) is 0 Å². The number of hydrogen-bond acceptors (Lipinski definition) is 5. The molecule has 2 aliphatic heterocycles. The lowest BCUT2D eigenvalue weighted by Crippen LogP contribution is -2.41. The summed E-state index contributed by atoms with van der Waals surface area (Å²) in [5.41, 5.74) is 3.91. The first-order valence-electron chi connectivity index (χ1n) is 14.7. The molecule has 210 valence electrons. The van der Waals surface area contributed by atoms with Crippen LogP contribution in [0.25, 0.3) is 0 Å². The summed E-state index contributed by atoms with van der Waals surface area (Å²) in [6, 6.07) is 17.8. The van der Waals surface area contributed by atoms with Crippen molar-refractivity contribution in [1.82, 2.24) is 15.3 Å². The number of halogens is 1. The number of aromatic nitrogens is 2. The van der Waals surface area contributed by atoms with E-state index >= 15 is 0 Å². The lowest BCUT2D eigenvalue weighted by Gasteiger charge is -2.34. The number of thiocarbonyl (C=S) groups is 1. The molecule has 1 aromatic heterocycles. The summed E-state index contributed by atoms with van der Waals surface area (Å²) >= 11 is 5.77. The first-order valence-corrected chi connectivity index (χ1v) is 15.1. The minimum atomic E-state index is -0.199. The second-order valence-electron chi connectivity index (χ2n) is 11.8. The van der Waals surface area contributed by atoms with Gasteiger partial charge in [0.15, 0.2) is 5.11 Å². The Morgan fingerprint density at radius 2 is 1.62 bits per heavy atom. The van der Waals surface area contributed by atoms with Gasteiger partial charge in [0, 0.05) is 44.2 Å². The Balaban J connectivity index is 1.20. The van der Waals surface area contributed by atoms with Crippen molar-refractivity contribution in [2.75, 3.05) is 41.3 Å². The van der Waals surface area contributed by atoms with Crippen molar-refractivity contribution in [2.24, 2.45) is 5.92 Å². The zero-order chi connectivity index (χ0) is 27.5. The first-order chi connectivity index (χ1) is 19.5. The predicted molar refractivity (Wildman–Crippen MR) is 165 cm³/mol. The molecule has 2 aromatic carbocycles. The summed E-state index contributed by atoms with van der Waals surface area (Å²) in [6.45, 7) is 6.79. The maximum atomic E-state index is 13.6. The molecule has 8 heteroatoms. The third kappa shape index (κ3) is 5.92. The zero-order valence-electron chi connectivity index (χ0n) is 23.3. The number of nitrogens with zero attached hydrogens (tertiary/aromatic N) is 4. The van der Waals surface area contributed by atoms with Crippen molar-refractivity contribution < 1.29 is 4.39 Å². The number of piperidine rings is 1. The Hall–Kier alpha value is -3.26. The maximum Gasteiger partial charge on any atom is 0.232 e. The first kappa shape index (κ1) is 26.9. The third-order valence-electron chi connectivity index (χ3n) is 9.09. The molecule has 1 saturated heterocycles. The van der Waals surface area contributed by atoms with E-state index in [1.165, 1.54) is 42.4 Å². The minimum Gasteiger partial charge on any atom is -0.361 e. The van der Waals surface area contributed by atoms with Crippen LogP contribution >= 0.6 is 12.2 Å². The second kappa shape index (κ2) is 11.7. The van der Waals surface area contributed by atoms with E-state index in [0.717, 1.165) is 63.0 Å². The van der Waals surface area contributed by atoms with Crippen molar-refractivity contribution in [2.45, 2.75) is 63.8 Å². The summed E-state index contributed by atoms with van der Waals surface area (Å²) in [5, 5.41) is 7.30. The fraction of sp³-hybridized carbons (Fsp3) is 0.469. The highest BCUT2D eigenvalue weighted by atomic mass is 32.1. The fourth-order valence-corrected chi connectivity index (χ4v) is 6.71. The van der Waals surface area contributed by atoms with Crippen molar-refractivity contribution in [1.29, 1.82) is 0 Å². The third-order valence-corrected chi connectivity index (χ3v) is 9.34. The topological polar surface area (TPSA) is 56.3 Å². The highest BCUT2D eigenvalue weighted by Crippen LogP contribution is 2.40. The molecule has 0 radical (unpaired) electrons. The molecular weight excluding hydrogens is 519 g/mol. The van der Waals surface area contributed by atoms with Gasteiger partial charge in [-0.05, 0) is 79.1 Å². The van der Waals surface area contributed by atoms with E-state index in [2.05, 4.69) is 57.7 Å². The molecule has 3 aliphatic rings. The van der Waals surface area contributed by atoms with E-state index in [1.807, 2.05) is 12.1 Å². The SMILES string of the molecule is CC1CCN(c2cc(N3CCc4ccccc4C3)nc(NC(=S)NCC3(c4ccc(F)cc4)CCCC3)n2)CC1. The molecule has 2 N–H and O–H groups in total. The van der Waals surface area contributed by atoms with Gasteiger partial charge in [-0.3, -0.25) is 0 Å². The normalized spacial score (nSPS) is 18.9. The van der Waals surface area contributed by atoms with E-state index in [0.29, 0.717) is 17.6 Å². The van der Waals surface area contributed by atoms with Gasteiger partial charge in [0.2, 0.25) is 5.95 Å². The van der Waals surface area contributed by atoms with Gasteiger partial charge in [0.05, 0.1) is 0 Å². The van der Waals surface area contributed by atoms with Gasteiger partial charge in [-0.15, -0.1) is 0 Å². The highest BCUT2D eigenvalue weighted by molar-refractivity contribution is 7.80. The van der Waals surface area contributed by atoms with Gasteiger partial charge in [-0.1, -0.05) is 56.2 Å². The summed E-state index contributed by atoms with van der Waals surface area (Å²) < 4.78 is 13.6. The molecule has 2 fully saturated rings. The number of anilines is 3. The Bertz CT molecular complexity index is 1330. The van der Waals surface area contributed by atoms with Crippen LogP contribution in [0.1, 0.15) is 62.1 Å². The molecule has 6 rings (SSSR count). The number of benzene rings is 2. The second-order valence-corrected chi connectivity index (χ2v) is 12.2. The van der Waals surface area contributed by atoms with Crippen molar-refractivity contribution >= 4 is 34.9 Å². The largest absolute Gasteiger partial charge is 0.361 e. The average molecular weight is 559 g/mol. The van der Waals surface area contributed by atoms with Gasteiger partial charge in [0.1, 0.15) is 17.5 Å². The number of fused-ring (bicyclic) bond motifs is 1. The van der Waals surface area contributed by atoms with Gasteiger partial charge in [-0.25, -0.2) is 4.39 Å². The molecule has 0 bridgehead atoms. The van der Waals surface area contributed by atoms with Crippen LogP contribution in [0.2, 0.25) is 0 Å². The molecule has 6 nitrogen and oxygen atoms in total. The van der Waals surface area contributed by atoms with Crippen LogP contribution in [-0.2, 0) is 18.4 Å². The standard InChI is InChI=1S/C32H39FN6S/c1-23-12-17-38(18-13-23)28-20-29(39-19-14-24-6-2-3-7-25(24)21-39)36-30(35-28)37-31(40)34-22-32(15-4-5-16-32)26-8-10-27(33)11-9-26/h2-3,6-11,20,23H,4-5,12-19,21-22H2,1H3,(H2,34,35,36,37,40). The van der Waals surface area contributed by atoms with Gasteiger partial charge in [-0.2, -0.15) is 9.97 Å². The number of nitrogens with one attached hydrogen (secondary N) is 2. The Labute approximate surface area is 242 Å². The molecule has 3 aromatic rings. The lowest BCUT2D eigenvalue weighted by molar-refractivity contribution is 0.434. The summed E-state index contributed by atoms with van der Waals surface area (Å²) in [7, 11) is 0. The monoisotopic (exact) mass is 558 g/mol. The van der Waals surface area contributed by atoms with Crippen LogP contribution < -0.4 is 20.4 Å². The molecule has 3 heterocycles. The Morgan fingerprint density at radius 1 is 0.950 bits per heavy atom. The molecule has 0 amide bonds. The average Bonchev–Trinajstić information content (AvgIpc) is 3.46. The van der Waals surface area contributed by atoms with Gasteiger partial charge < -0.3 is 20.4 Å².